The first-order valence-corrected chi connectivity index (χ1v) is 7.33. The molecular weight excluding hydrogens is 307 g/mol. The molecule has 0 bridgehead atoms. The first-order chi connectivity index (χ1) is 11.6. The number of benzene rings is 2. The highest BCUT2D eigenvalue weighted by Gasteiger charge is 2.10. The second-order valence-electron chi connectivity index (χ2n) is 5.28. The van der Waals surface area contributed by atoms with E-state index < -0.39 is 5.91 Å². The molecule has 0 saturated heterocycles. The summed E-state index contributed by atoms with van der Waals surface area (Å²) in [4.78, 5) is 12.0. The summed E-state index contributed by atoms with van der Waals surface area (Å²) in [6, 6.07) is 15.2. The summed E-state index contributed by atoms with van der Waals surface area (Å²) < 4.78 is 12.9. The van der Waals surface area contributed by atoms with Crippen molar-refractivity contribution >= 4 is 12.1 Å². The van der Waals surface area contributed by atoms with Crippen LogP contribution in [-0.4, -0.2) is 22.3 Å². The Morgan fingerprint density at radius 1 is 1.17 bits per heavy atom. The van der Waals surface area contributed by atoms with Crippen molar-refractivity contribution < 1.29 is 9.18 Å². The van der Waals surface area contributed by atoms with Gasteiger partial charge in [0, 0.05) is 5.56 Å². The third-order valence-electron chi connectivity index (χ3n) is 3.42. The third kappa shape index (κ3) is 3.73. The Bertz CT molecular complexity index is 867. The van der Waals surface area contributed by atoms with E-state index in [9.17, 15) is 9.18 Å². The van der Waals surface area contributed by atoms with E-state index in [1.54, 1.807) is 24.4 Å². The first-order valence-electron chi connectivity index (χ1n) is 7.33. The molecule has 0 radical (unpaired) electrons. The second-order valence-corrected chi connectivity index (χ2v) is 5.28. The molecule has 0 unspecified atom stereocenters. The molecule has 120 valence electrons. The Kier molecular flexibility index (Phi) is 4.47. The van der Waals surface area contributed by atoms with Gasteiger partial charge in [-0.25, -0.2) is 9.82 Å². The zero-order valence-electron chi connectivity index (χ0n) is 13.0. The Labute approximate surface area is 138 Å². The minimum atomic E-state index is -0.403. The van der Waals surface area contributed by atoms with Crippen molar-refractivity contribution in [2.24, 2.45) is 5.10 Å². The van der Waals surface area contributed by atoms with Gasteiger partial charge in [-0.1, -0.05) is 29.8 Å². The number of nitrogens with one attached hydrogen (secondary N) is 2. The number of nitrogens with zero attached hydrogens (tertiary/aromatic N) is 2. The van der Waals surface area contributed by atoms with Crippen molar-refractivity contribution in [1.29, 1.82) is 0 Å². The lowest BCUT2D eigenvalue weighted by molar-refractivity contribution is 0.0950. The lowest BCUT2D eigenvalue weighted by Gasteiger charge is -1.97. The first kappa shape index (κ1) is 15.6. The van der Waals surface area contributed by atoms with Gasteiger partial charge in [-0.3, -0.25) is 9.89 Å². The molecule has 24 heavy (non-hydrogen) atoms. The Hall–Kier alpha value is -3.28. The van der Waals surface area contributed by atoms with Crippen molar-refractivity contribution in [2.45, 2.75) is 6.92 Å². The smallest absolute Gasteiger partial charge is 0.272 e. The maximum Gasteiger partial charge on any atom is 0.289 e. The quantitative estimate of drug-likeness (QED) is 0.571. The van der Waals surface area contributed by atoms with Gasteiger partial charge >= 0.3 is 0 Å². The van der Waals surface area contributed by atoms with E-state index in [-0.39, 0.29) is 11.5 Å². The van der Waals surface area contributed by atoms with E-state index in [4.69, 9.17) is 0 Å². The summed E-state index contributed by atoms with van der Waals surface area (Å²) >= 11 is 0. The number of hydrogen-bond donors (Lipinski definition) is 2. The Balaban J connectivity index is 1.65. The molecule has 5 nitrogen and oxygen atoms in total. The van der Waals surface area contributed by atoms with Gasteiger partial charge in [-0.2, -0.15) is 10.2 Å². The summed E-state index contributed by atoms with van der Waals surface area (Å²) in [6.45, 7) is 2.00. The molecule has 3 rings (SSSR count). The van der Waals surface area contributed by atoms with Crippen LogP contribution >= 0.6 is 0 Å². The van der Waals surface area contributed by atoms with Gasteiger partial charge in [0.2, 0.25) is 0 Å². The molecule has 0 aliphatic heterocycles. The molecule has 0 spiro atoms. The van der Waals surface area contributed by atoms with Crippen molar-refractivity contribution in [3.63, 3.8) is 0 Å². The van der Waals surface area contributed by atoms with Crippen LogP contribution in [0.15, 0.2) is 59.7 Å². The molecule has 6 heteroatoms. The van der Waals surface area contributed by atoms with Crippen LogP contribution in [0.1, 0.15) is 21.6 Å². The van der Waals surface area contributed by atoms with Crippen LogP contribution in [0.4, 0.5) is 4.39 Å². The van der Waals surface area contributed by atoms with Crippen LogP contribution in [0.3, 0.4) is 0 Å². The fourth-order valence-corrected chi connectivity index (χ4v) is 2.08. The average Bonchev–Trinajstić information content (AvgIpc) is 3.07. The number of aryl methyl sites for hydroxylation is 1. The molecule has 0 aliphatic rings. The SMILES string of the molecule is Cc1ccc(/C=N/NC(=O)c2cc(-c3ccc(F)cc3)n[nH]2)cc1. The van der Waals surface area contributed by atoms with Gasteiger partial charge in [0.1, 0.15) is 11.5 Å². The van der Waals surface area contributed by atoms with Crippen LogP contribution in [0.5, 0.6) is 0 Å². The molecule has 3 aromatic rings. The summed E-state index contributed by atoms with van der Waals surface area (Å²) in [5, 5.41) is 10.6. The average molecular weight is 322 g/mol. The predicted octanol–water partition coefficient (Wildman–Crippen LogP) is 3.29. The van der Waals surface area contributed by atoms with Crippen LogP contribution < -0.4 is 5.43 Å². The van der Waals surface area contributed by atoms with E-state index in [0.29, 0.717) is 5.69 Å². The zero-order chi connectivity index (χ0) is 16.9. The number of amides is 1. The number of halogens is 1. The van der Waals surface area contributed by atoms with Crippen LogP contribution in [0.2, 0.25) is 0 Å². The molecule has 2 aromatic carbocycles. The minimum Gasteiger partial charge on any atom is -0.272 e. The molecule has 1 heterocycles. The van der Waals surface area contributed by atoms with Gasteiger partial charge in [0.25, 0.3) is 5.91 Å². The molecule has 1 aromatic heterocycles. The van der Waals surface area contributed by atoms with Crippen molar-refractivity contribution in [3.8, 4) is 11.3 Å². The number of aromatic amines is 1. The maximum absolute atomic E-state index is 12.9. The van der Waals surface area contributed by atoms with Gasteiger partial charge < -0.3 is 0 Å². The maximum atomic E-state index is 12.9. The van der Waals surface area contributed by atoms with Crippen LogP contribution in [-0.2, 0) is 0 Å². The van der Waals surface area contributed by atoms with Crippen LogP contribution in [0.25, 0.3) is 11.3 Å². The van der Waals surface area contributed by atoms with Crippen molar-refractivity contribution in [2.75, 3.05) is 0 Å². The highest BCUT2D eigenvalue weighted by Crippen LogP contribution is 2.17. The second kappa shape index (κ2) is 6.87. The topological polar surface area (TPSA) is 70.1 Å². The predicted molar refractivity (Wildman–Crippen MR) is 90.2 cm³/mol. The number of aromatic nitrogens is 2. The fraction of sp³-hybridized carbons (Fsp3) is 0.0556. The summed E-state index contributed by atoms with van der Waals surface area (Å²) in [6.07, 6.45) is 1.56. The van der Waals surface area contributed by atoms with Crippen molar-refractivity contribution in [1.82, 2.24) is 15.6 Å². The largest absolute Gasteiger partial charge is 0.289 e. The van der Waals surface area contributed by atoms with Crippen molar-refractivity contribution in [3.05, 3.63) is 77.2 Å². The number of carbonyl (C=O) groups excluding carboxylic acids is 1. The number of H-pyrrole nitrogens is 1. The highest BCUT2D eigenvalue weighted by atomic mass is 19.1. The molecule has 0 atom stereocenters. The summed E-state index contributed by atoms with van der Waals surface area (Å²) in [7, 11) is 0. The van der Waals surface area contributed by atoms with E-state index >= 15 is 0 Å². The minimum absolute atomic E-state index is 0.274. The molecular formula is C18H15FN4O. The summed E-state index contributed by atoms with van der Waals surface area (Å²) in [5.41, 5.74) is 6.03. The number of hydrazone groups is 1. The number of hydrogen-bond acceptors (Lipinski definition) is 3. The molecule has 0 saturated carbocycles. The fourth-order valence-electron chi connectivity index (χ4n) is 2.08. The van der Waals surface area contributed by atoms with Crippen LogP contribution in [0, 0.1) is 12.7 Å². The van der Waals surface area contributed by atoms with E-state index in [2.05, 4.69) is 20.7 Å². The van der Waals surface area contributed by atoms with E-state index in [1.165, 1.54) is 12.1 Å². The van der Waals surface area contributed by atoms with Gasteiger partial charge in [-0.05, 0) is 42.8 Å². The molecule has 0 fully saturated rings. The standard InChI is InChI=1S/C18H15FN4O/c1-12-2-4-13(5-3-12)11-20-23-18(24)17-10-16(21-22-17)14-6-8-15(19)9-7-14/h2-11H,1H3,(H,21,22)(H,23,24)/b20-11+. The number of rotatable bonds is 4. The normalized spacial score (nSPS) is 10.9. The Morgan fingerprint density at radius 2 is 1.88 bits per heavy atom. The Morgan fingerprint density at radius 3 is 2.58 bits per heavy atom. The zero-order valence-corrected chi connectivity index (χ0v) is 13.0. The molecule has 1 amide bonds. The monoisotopic (exact) mass is 322 g/mol. The molecule has 0 aliphatic carbocycles. The highest BCUT2D eigenvalue weighted by molar-refractivity contribution is 5.94. The lowest BCUT2D eigenvalue weighted by atomic mass is 10.1. The van der Waals surface area contributed by atoms with E-state index in [0.717, 1.165) is 16.7 Å². The third-order valence-corrected chi connectivity index (χ3v) is 3.42. The summed E-state index contributed by atoms with van der Waals surface area (Å²) in [5.74, 6) is -0.725. The van der Waals surface area contributed by atoms with Gasteiger partial charge in [0.05, 0.1) is 11.9 Å². The lowest BCUT2D eigenvalue weighted by Crippen LogP contribution is -2.17. The van der Waals surface area contributed by atoms with Gasteiger partial charge in [-0.15, -0.1) is 0 Å². The molecule has 2 N–H and O–H groups in total. The van der Waals surface area contributed by atoms with Gasteiger partial charge in [0.15, 0.2) is 0 Å². The number of carbonyl (C=O) groups is 1. The van der Waals surface area contributed by atoms with E-state index in [1.807, 2.05) is 31.2 Å².